The summed E-state index contributed by atoms with van der Waals surface area (Å²) in [6, 6.07) is 0. The summed E-state index contributed by atoms with van der Waals surface area (Å²) in [6.45, 7) is 1.73. The van der Waals surface area contributed by atoms with Crippen LogP contribution in [0.25, 0.3) is 0 Å². The van der Waals surface area contributed by atoms with E-state index in [-0.39, 0.29) is 11.8 Å². The first-order valence-corrected chi connectivity index (χ1v) is 6.85. The summed E-state index contributed by atoms with van der Waals surface area (Å²) in [4.78, 5) is 24.8. The zero-order chi connectivity index (χ0) is 13.2. The SMILES string of the molecule is CC(CCn1c(=O)[nH]c(Cl)c(F)c1=O)S(C)=O. The summed E-state index contributed by atoms with van der Waals surface area (Å²) in [7, 11) is -1.05. The van der Waals surface area contributed by atoms with Crippen molar-refractivity contribution in [3.05, 3.63) is 31.8 Å². The van der Waals surface area contributed by atoms with Crippen LogP contribution in [0.3, 0.4) is 0 Å². The van der Waals surface area contributed by atoms with Crippen molar-refractivity contribution < 1.29 is 8.60 Å². The maximum atomic E-state index is 13.2. The summed E-state index contributed by atoms with van der Waals surface area (Å²) in [5.41, 5.74) is -1.83. The highest BCUT2D eigenvalue weighted by Crippen LogP contribution is 2.04. The maximum absolute atomic E-state index is 13.2. The Morgan fingerprint density at radius 1 is 1.53 bits per heavy atom. The molecular weight excluding hydrogens is 271 g/mol. The van der Waals surface area contributed by atoms with Gasteiger partial charge in [0.1, 0.15) is 0 Å². The van der Waals surface area contributed by atoms with Crippen molar-refractivity contribution in [2.75, 3.05) is 6.26 Å². The summed E-state index contributed by atoms with van der Waals surface area (Å²) < 4.78 is 25.0. The number of aromatic amines is 1. The lowest BCUT2D eigenvalue weighted by Gasteiger charge is -2.09. The van der Waals surface area contributed by atoms with Crippen molar-refractivity contribution >= 4 is 22.4 Å². The predicted molar refractivity (Wildman–Crippen MR) is 64.4 cm³/mol. The average molecular weight is 283 g/mol. The Hall–Kier alpha value is -0.950. The molecule has 0 spiro atoms. The third-order valence-electron chi connectivity index (χ3n) is 2.41. The van der Waals surface area contributed by atoms with Gasteiger partial charge >= 0.3 is 5.69 Å². The van der Waals surface area contributed by atoms with Crippen molar-refractivity contribution in [2.45, 2.75) is 25.1 Å². The topological polar surface area (TPSA) is 71.9 Å². The molecule has 0 fully saturated rings. The van der Waals surface area contributed by atoms with Crippen molar-refractivity contribution in [1.29, 1.82) is 0 Å². The van der Waals surface area contributed by atoms with Gasteiger partial charge < -0.3 is 0 Å². The van der Waals surface area contributed by atoms with Gasteiger partial charge in [0, 0.05) is 28.9 Å². The number of hydrogen-bond acceptors (Lipinski definition) is 3. The van der Waals surface area contributed by atoms with Gasteiger partial charge in [-0.05, 0) is 6.42 Å². The second-order valence-corrected chi connectivity index (χ2v) is 5.79. The third-order valence-corrected chi connectivity index (χ3v) is 4.04. The van der Waals surface area contributed by atoms with Crippen LogP contribution in [-0.2, 0) is 17.3 Å². The lowest BCUT2D eigenvalue weighted by molar-refractivity contribution is 0.523. The Kier molecular flexibility index (Phi) is 4.64. The van der Waals surface area contributed by atoms with Gasteiger partial charge in [0.25, 0.3) is 5.56 Å². The standard InChI is InChI=1S/C9H12ClFN2O3S/c1-5(17(2)16)3-4-13-8(14)6(11)7(10)12-9(13)15/h5H,3-4H2,1-2H3,(H,12,15). The van der Waals surface area contributed by atoms with Crippen molar-refractivity contribution in [2.24, 2.45) is 0 Å². The predicted octanol–water partition coefficient (Wildman–Crippen LogP) is 0.486. The molecule has 1 heterocycles. The highest BCUT2D eigenvalue weighted by Gasteiger charge is 2.13. The van der Waals surface area contributed by atoms with Gasteiger partial charge in [-0.1, -0.05) is 18.5 Å². The van der Waals surface area contributed by atoms with E-state index in [1.54, 1.807) is 6.92 Å². The third kappa shape index (κ3) is 3.26. The summed E-state index contributed by atoms with van der Waals surface area (Å²) >= 11 is 5.31. The number of nitrogens with zero attached hydrogens (tertiary/aromatic N) is 1. The Balaban J connectivity index is 3.01. The fourth-order valence-corrected chi connectivity index (χ4v) is 1.80. The number of nitrogens with one attached hydrogen (secondary N) is 1. The minimum absolute atomic E-state index is 0.00298. The fourth-order valence-electron chi connectivity index (χ4n) is 1.20. The molecule has 1 aromatic heterocycles. The van der Waals surface area contributed by atoms with Gasteiger partial charge in [0.15, 0.2) is 5.15 Å². The molecule has 0 aliphatic heterocycles. The summed E-state index contributed by atoms with van der Waals surface area (Å²) in [5, 5.41) is -0.775. The van der Waals surface area contributed by atoms with Crippen LogP contribution in [0.1, 0.15) is 13.3 Å². The van der Waals surface area contributed by atoms with Crippen LogP contribution in [0, 0.1) is 5.82 Å². The van der Waals surface area contributed by atoms with E-state index in [1.807, 2.05) is 4.98 Å². The molecule has 0 aliphatic carbocycles. The fraction of sp³-hybridized carbons (Fsp3) is 0.556. The van der Waals surface area contributed by atoms with Crippen LogP contribution in [0.5, 0.6) is 0 Å². The van der Waals surface area contributed by atoms with E-state index in [9.17, 15) is 18.2 Å². The summed E-state index contributed by atoms with van der Waals surface area (Å²) in [5.74, 6) is -1.18. The van der Waals surface area contributed by atoms with E-state index in [0.717, 1.165) is 0 Å². The molecule has 1 N–H and O–H groups in total. The van der Waals surface area contributed by atoms with Crippen LogP contribution < -0.4 is 11.2 Å². The normalized spacial score (nSPS) is 14.6. The van der Waals surface area contributed by atoms with Gasteiger partial charge in [-0.25, -0.2) is 4.79 Å². The number of hydrogen-bond donors (Lipinski definition) is 1. The molecule has 0 aromatic carbocycles. The Morgan fingerprint density at radius 3 is 2.65 bits per heavy atom. The molecule has 1 aromatic rings. The Morgan fingerprint density at radius 2 is 2.12 bits per heavy atom. The van der Waals surface area contributed by atoms with Gasteiger partial charge in [-0.3, -0.25) is 18.6 Å². The summed E-state index contributed by atoms with van der Waals surface area (Å²) in [6.07, 6.45) is 1.87. The second kappa shape index (κ2) is 5.59. The minimum Gasteiger partial charge on any atom is -0.295 e. The van der Waals surface area contributed by atoms with E-state index in [1.165, 1.54) is 6.26 Å². The lowest BCUT2D eigenvalue weighted by atomic mass is 10.3. The quantitative estimate of drug-likeness (QED) is 0.817. The van der Waals surface area contributed by atoms with Crippen LogP contribution in [-0.4, -0.2) is 25.3 Å². The Labute approximate surface area is 104 Å². The van der Waals surface area contributed by atoms with E-state index < -0.39 is 33.0 Å². The Bertz CT molecular complexity index is 554. The molecular formula is C9H12ClFN2O3S. The molecule has 0 radical (unpaired) electrons. The zero-order valence-corrected chi connectivity index (χ0v) is 10.9. The molecule has 0 saturated carbocycles. The smallest absolute Gasteiger partial charge is 0.295 e. The number of rotatable bonds is 4. The van der Waals surface area contributed by atoms with E-state index >= 15 is 0 Å². The molecule has 0 bridgehead atoms. The molecule has 5 nitrogen and oxygen atoms in total. The highest BCUT2D eigenvalue weighted by atomic mass is 35.5. The van der Waals surface area contributed by atoms with E-state index in [0.29, 0.717) is 11.0 Å². The van der Waals surface area contributed by atoms with E-state index in [4.69, 9.17) is 11.6 Å². The number of H-pyrrole nitrogens is 1. The first kappa shape index (κ1) is 14.1. The largest absolute Gasteiger partial charge is 0.329 e. The van der Waals surface area contributed by atoms with Crippen molar-refractivity contribution in [3.63, 3.8) is 0 Å². The first-order chi connectivity index (χ1) is 7.84. The van der Waals surface area contributed by atoms with Gasteiger partial charge in [-0.2, -0.15) is 4.39 Å². The van der Waals surface area contributed by atoms with Crippen LogP contribution in [0.15, 0.2) is 9.59 Å². The van der Waals surface area contributed by atoms with Gasteiger partial charge in [0.05, 0.1) is 0 Å². The van der Waals surface area contributed by atoms with Crippen molar-refractivity contribution in [1.82, 2.24) is 9.55 Å². The monoisotopic (exact) mass is 282 g/mol. The first-order valence-electron chi connectivity index (χ1n) is 4.85. The van der Waals surface area contributed by atoms with Crippen LogP contribution >= 0.6 is 11.6 Å². The maximum Gasteiger partial charge on any atom is 0.329 e. The number of halogens is 2. The number of aromatic nitrogens is 2. The van der Waals surface area contributed by atoms with Crippen LogP contribution in [0.4, 0.5) is 4.39 Å². The highest BCUT2D eigenvalue weighted by molar-refractivity contribution is 7.84. The van der Waals surface area contributed by atoms with Crippen LogP contribution in [0.2, 0.25) is 5.15 Å². The molecule has 17 heavy (non-hydrogen) atoms. The zero-order valence-electron chi connectivity index (χ0n) is 9.33. The van der Waals surface area contributed by atoms with E-state index in [2.05, 4.69) is 0 Å². The van der Waals surface area contributed by atoms with Crippen molar-refractivity contribution in [3.8, 4) is 0 Å². The van der Waals surface area contributed by atoms with Gasteiger partial charge in [-0.15, -0.1) is 0 Å². The molecule has 8 heteroatoms. The molecule has 2 atom stereocenters. The molecule has 0 saturated heterocycles. The molecule has 2 unspecified atom stereocenters. The van der Waals surface area contributed by atoms with Gasteiger partial charge in [0.2, 0.25) is 5.82 Å². The molecule has 0 amide bonds. The molecule has 96 valence electrons. The second-order valence-electron chi connectivity index (χ2n) is 3.61. The lowest BCUT2D eigenvalue weighted by Crippen LogP contribution is -2.38. The molecule has 0 aliphatic rings. The minimum atomic E-state index is -1.18. The molecule has 1 rings (SSSR count). The average Bonchev–Trinajstić information content (AvgIpc) is 2.25.